The molecule has 1 nitrogen and oxygen atoms in total. The van der Waals surface area contributed by atoms with Crippen molar-refractivity contribution < 1.29 is 0 Å². The molecule has 92 valence electrons. The van der Waals surface area contributed by atoms with E-state index < -0.39 is 0 Å². The minimum absolute atomic E-state index is 0.0456. The van der Waals surface area contributed by atoms with Crippen LogP contribution in [0.1, 0.15) is 31.2 Å². The largest absolute Gasteiger partial charge is 0.312 e. The normalized spacial score (nSPS) is 15.0. The number of nitrogens with one attached hydrogen (secondary N) is 1. The molecule has 1 N–H and O–H groups in total. The SMILES string of the molecule is CCNC(CC)C(Cl)c1ccc2sccc2c1. The fourth-order valence-electron chi connectivity index (χ4n) is 2.11. The van der Waals surface area contributed by atoms with Gasteiger partial charge >= 0.3 is 0 Å². The summed E-state index contributed by atoms with van der Waals surface area (Å²) in [4.78, 5) is 0. The van der Waals surface area contributed by atoms with Crippen molar-refractivity contribution in [2.24, 2.45) is 0 Å². The monoisotopic (exact) mass is 267 g/mol. The Balaban J connectivity index is 2.24. The number of halogens is 1. The van der Waals surface area contributed by atoms with Gasteiger partial charge in [-0.2, -0.15) is 0 Å². The number of fused-ring (bicyclic) bond motifs is 1. The highest BCUT2D eigenvalue weighted by Gasteiger charge is 2.18. The molecule has 17 heavy (non-hydrogen) atoms. The smallest absolute Gasteiger partial charge is 0.0738 e. The van der Waals surface area contributed by atoms with Gasteiger partial charge in [-0.15, -0.1) is 22.9 Å². The van der Waals surface area contributed by atoms with Crippen molar-refractivity contribution >= 4 is 33.0 Å². The lowest BCUT2D eigenvalue weighted by molar-refractivity contribution is 0.498. The standard InChI is InChI=1S/C14H18ClNS/c1-3-12(16-4-2)14(15)11-5-6-13-10(9-11)7-8-17-13/h5-9,12,14,16H,3-4H2,1-2H3. The van der Waals surface area contributed by atoms with E-state index in [1.165, 1.54) is 15.6 Å². The molecule has 1 aromatic heterocycles. The molecule has 0 spiro atoms. The molecule has 2 rings (SSSR count). The van der Waals surface area contributed by atoms with Gasteiger partial charge in [-0.25, -0.2) is 0 Å². The third-order valence-electron chi connectivity index (χ3n) is 3.05. The summed E-state index contributed by atoms with van der Waals surface area (Å²) in [5.41, 5.74) is 1.21. The van der Waals surface area contributed by atoms with Crippen LogP contribution in [0, 0.1) is 0 Å². The maximum atomic E-state index is 6.56. The van der Waals surface area contributed by atoms with Crippen LogP contribution in [-0.2, 0) is 0 Å². The van der Waals surface area contributed by atoms with E-state index in [2.05, 4.69) is 48.8 Å². The Morgan fingerprint density at radius 3 is 2.82 bits per heavy atom. The first kappa shape index (κ1) is 12.9. The van der Waals surface area contributed by atoms with Crippen molar-refractivity contribution in [2.45, 2.75) is 31.7 Å². The van der Waals surface area contributed by atoms with Crippen LogP contribution in [0.5, 0.6) is 0 Å². The number of likely N-dealkylation sites (N-methyl/N-ethyl adjacent to an activating group) is 1. The Bertz CT molecular complexity index is 480. The fraction of sp³-hybridized carbons (Fsp3) is 0.429. The molecule has 2 unspecified atom stereocenters. The highest BCUT2D eigenvalue weighted by atomic mass is 35.5. The van der Waals surface area contributed by atoms with Gasteiger partial charge in [0, 0.05) is 10.7 Å². The van der Waals surface area contributed by atoms with E-state index in [-0.39, 0.29) is 5.38 Å². The molecule has 1 heterocycles. The maximum Gasteiger partial charge on any atom is 0.0738 e. The van der Waals surface area contributed by atoms with Gasteiger partial charge in [0.25, 0.3) is 0 Å². The molecule has 0 radical (unpaired) electrons. The Morgan fingerprint density at radius 2 is 2.12 bits per heavy atom. The first-order chi connectivity index (χ1) is 8.26. The number of hydrogen-bond donors (Lipinski definition) is 1. The second-order valence-electron chi connectivity index (χ2n) is 4.19. The molecule has 0 saturated carbocycles. The topological polar surface area (TPSA) is 12.0 Å². The van der Waals surface area contributed by atoms with Crippen LogP contribution in [0.2, 0.25) is 0 Å². The summed E-state index contributed by atoms with van der Waals surface area (Å²) in [6.45, 7) is 5.25. The fourth-order valence-corrected chi connectivity index (χ4v) is 3.28. The summed E-state index contributed by atoms with van der Waals surface area (Å²) >= 11 is 8.33. The Kier molecular flexibility index (Phi) is 4.43. The van der Waals surface area contributed by atoms with Crippen molar-refractivity contribution in [1.82, 2.24) is 5.32 Å². The van der Waals surface area contributed by atoms with E-state index >= 15 is 0 Å². The minimum atomic E-state index is 0.0456. The average Bonchev–Trinajstić information content (AvgIpc) is 2.82. The summed E-state index contributed by atoms with van der Waals surface area (Å²) in [6, 6.07) is 9.03. The van der Waals surface area contributed by atoms with Gasteiger partial charge < -0.3 is 5.32 Å². The van der Waals surface area contributed by atoms with Gasteiger partial charge in [0.15, 0.2) is 0 Å². The lowest BCUT2D eigenvalue weighted by Gasteiger charge is -2.22. The predicted molar refractivity (Wildman–Crippen MR) is 78.2 cm³/mol. The summed E-state index contributed by atoms with van der Waals surface area (Å²) in [5, 5.41) is 6.91. The van der Waals surface area contributed by atoms with Crippen molar-refractivity contribution in [2.75, 3.05) is 6.54 Å². The molecule has 0 amide bonds. The number of hydrogen-bond acceptors (Lipinski definition) is 2. The molecule has 2 aromatic rings. The average molecular weight is 268 g/mol. The first-order valence-corrected chi connectivity index (χ1v) is 7.42. The van der Waals surface area contributed by atoms with Crippen molar-refractivity contribution in [1.29, 1.82) is 0 Å². The van der Waals surface area contributed by atoms with Crippen LogP contribution < -0.4 is 5.32 Å². The summed E-state index contributed by atoms with van der Waals surface area (Å²) in [5.74, 6) is 0. The van der Waals surface area contributed by atoms with E-state index in [9.17, 15) is 0 Å². The third-order valence-corrected chi connectivity index (χ3v) is 4.51. The van der Waals surface area contributed by atoms with Gasteiger partial charge in [0.2, 0.25) is 0 Å². The Labute approximate surface area is 112 Å². The van der Waals surface area contributed by atoms with E-state index in [4.69, 9.17) is 11.6 Å². The van der Waals surface area contributed by atoms with Crippen LogP contribution >= 0.6 is 22.9 Å². The summed E-state index contributed by atoms with van der Waals surface area (Å²) < 4.78 is 1.33. The van der Waals surface area contributed by atoms with Gasteiger partial charge in [-0.05, 0) is 47.5 Å². The van der Waals surface area contributed by atoms with Gasteiger partial charge in [0.1, 0.15) is 0 Å². The van der Waals surface area contributed by atoms with Crippen LogP contribution in [0.3, 0.4) is 0 Å². The van der Waals surface area contributed by atoms with Crippen molar-refractivity contribution in [3.8, 4) is 0 Å². The molecule has 0 saturated heterocycles. The number of benzene rings is 1. The second kappa shape index (κ2) is 5.85. The zero-order chi connectivity index (χ0) is 12.3. The Hall–Kier alpha value is -0.570. The van der Waals surface area contributed by atoms with Crippen LogP contribution in [0.15, 0.2) is 29.6 Å². The predicted octanol–water partition coefficient (Wildman–Crippen LogP) is 4.57. The zero-order valence-electron chi connectivity index (χ0n) is 10.2. The first-order valence-electron chi connectivity index (χ1n) is 6.10. The molecule has 0 fully saturated rings. The second-order valence-corrected chi connectivity index (χ2v) is 5.61. The number of rotatable bonds is 5. The van der Waals surface area contributed by atoms with Gasteiger partial charge in [0.05, 0.1) is 5.38 Å². The lowest BCUT2D eigenvalue weighted by atomic mass is 10.0. The van der Waals surface area contributed by atoms with Gasteiger partial charge in [-0.3, -0.25) is 0 Å². The van der Waals surface area contributed by atoms with Crippen LogP contribution in [0.4, 0.5) is 0 Å². The Morgan fingerprint density at radius 1 is 1.29 bits per heavy atom. The highest BCUT2D eigenvalue weighted by molar-refractivity contribution is 7.17. The van der Waals surface area contributed by atoms with E-state index in [1.807, 2.05) is 0 Å². The lowest BCUT2D eigenvalue weighted by Crippen LogP contribution is -2.31. The van der Waals surface area contributed by atoms with Crippen molar-refractivity contribution in [3.63, 3.8) is 0 Å². The maximum absolute atomic E-state index is 6.56. The molecule has 2 atom stereocenters. The molecule has 0 aliphatic heterocycles. The van der Waals surface area contributed by atoms with Gasteiger partial charge in [-0.1, -0.05) is 19.9 Å². The molecule has 0 bridgehead atoms. The molecule has 0 aliphatic carbocycles. The molecule has 3 heteroatoms. The third kappa shape index (κ3) is 2.82. The summed E-state index contributed by atoms with van der Waals surface area (Å²) in [7, 11) is 0. The van der Waals surface area contributed by atoms with E-state index in [0.29, 0.717) is 6.04 Å². The molecule has 1 aromatic carbocycles. The number of thiophene rings is 1. The molecular formula is C14H18ClNS. The van der Waals surface area contributed by atoms with Crippen LogP contribution in [-0.4, -0.2) is 12.6 Å². The number of alkyl halides is 1. The van der Waals surface area contributed by atoms with Crippen molar-refractivity contribution in [3.05, 3.63) is 35.2 Å². The van der Waals surface area contributed by atoms with E-state index in [0.717, 1.165) is 13.0 Å². The molecule has 0 aliphatic rings. The minimum Gasteiger partial charge on any atom is -0.312 e. The summed E-state index contributed by atoms with van der Waals surface area (Å²) in [6.07, 6.45) is 1.05. The van der Waals surface area contributed by atoms with E-state index in [1.54, 1.807) is 11.3 Å². The van der Waals surface area contributed by atoms with Crippen LogP contribution in [0.25, 0.3) is 10.1 Å². The quantitative estimate of drug-likeness (QED) is 0.783. The highest BCUT2D eigenvalue weighted by Crippen LogP contribution is 2.30. The zero-order valence-corrected chi connectivity index (χ0v) is 11.8. The molecular weight excluding hydrogens is 250 g/mol.